The second-order valence-corrected chi connectivity index (χ2v) is 8.14. The summed E-state index contributed by atoms with van der Waals surface area (Å²) in [6, 6.07) is 5.47. The Morgan fingerprint density at radius 1 is 1.08 bits per heavy atom. The van der Waals surface area contributed by atoms with Crippen LogP contribution in [-0.2, 0) is 10.9 Å². The zero-order chi connectivity index (χ0) is 25.9. The Bertz CT molecular complexity index is 1170. The fraction of sp³-hybridized carbons (Fsp3) is 0.455. The molecular formula is C22H22F7N5O2. The molecular weight excluding hydrogens is 499 g/mol. The second-order valence-electron chi connectivity index (χ2n) is 8.14. The lowest BCUT2D eigenvalue weighted by molar-refractivity contribution is -0.138. The van der Waals surface area contributed by atoms with Crippen molar-refractivity contribution in [1.82, 2.24) is 19.5 Å². The Morgan fingerprint density at radius 2 is 1.89 bits per heavy atom. The molecule has 0 bridgehead atoms. The van der Waals surface area contributed by atoms with Crippen LogP contribution in [-0.4, -0.2) is 65.0 Å². The van der Waals surface area contributed by atoms with Crippen LogP contribution >= 0.6 is 0 Å². The van der Waals surface area contributed by atoms with E-state index in [0.717, 1.165) is 31.5 Å². The number of nitrogens with one attached hydrogen (secondary N) is 1. The van der Waals surface area contributed by atoms with E-state index in [1.54, 1.807) is 22.7 Å². The van der Waals surface area contributed by atoms with Crippen LogP contribution in [0.3, 0.4) is 0 Å². The monoisotopic (exact) mass is 521 g/mol. The fourth-order valence-electron chi connectivity index (χ4n) is 4.16. The van der Waals surface area contributed by atoms with Gasteiger partial charge in [-0.2, -0.15) is 30.7 Å². The van der Waals surface area contributed by atoms with Gasteiger partial charge >= 0.3 is 19.4 Å². The van der Waals surface area contributed by atoms with E-state index in [-0.39, 0.29) is 23.9 Å². The van der Waals surface area contributed by atoms with E-state index < -0.39 is 30.7 Å². The lowest BCUT2D eigenvalue weighted by Crippen LogP contribution is -2.43. The number of halogens is 7. The highest BCUT2D eigenvalue weighted by Gasteiger charge is 2.32. The maximum absolute atomic E-state index is 13.1. The van der Waals surface area contributed by atoms with E-state index in [1.807, 2.05) is 4.90 Å². The Kier molecular flexibility index (Phi) is 7.83. The van der Waals surface area contributed by atoms with Crippen molar-refractivity contribution in [3.8, 4) is 17.0 Å². The van der Waals surface area contributed by atoms with Crippen molar-refractivity contribution in [3.05, 3.63) is 42.1 Å². The Balaban J connectivity index is 1.58. The molecule has 4 rings (SSSR count). The molecule has 1 fully saturated rings. The lowest BCUT2D eigenvalue weighted by Gasteiger charge is -2.33. The quantitative estimate of drug-likeness (QED) is 0.394. The highest BCUT2D eigenvalue weighted by molar-refractivity contribution is 5.81. The molecule has 1 saturated heterocycles. The topological polar surface area (TPSA) is 63.9 Å². The van der Waals surface area contributed by atoms with Crippen molar-refractivity contribution in [3.63, 3.8) is 0 Å². The molecule has 1 N–H and O–H groups in total. The minimum atomic E-state index is -4.75. The number of fused-ring (bicyclic) bond motifs is 1. The highest BCUT2D eigenvalue weighted by atomic mass is 19.4. The predicted molar refractivity (Wildman–Crippen MR) is 115 cm³/mol. The number of aromatic nitrogens is 3. The molecule has 14 heteroatoms. The number of piperidine rings is 1. The van der Waals surface area contributed by atoms with Gasteiger partial charge in [0.05, 0.1) is 17.7 Å². The molecule has 1 aliphatic rings. The van der Waals surface area contributed by atoms with Gasteiger partial charge in [0.1, 0.15) is 11.4 Å². The summed E-state index contributed by atoms with van der Waals surface area (Å²) in [4.78, 5) is 1.98. The molecule has 3 heterocycles. The molecule has 3 aromatic rings. The van der Waals surface area contributed by atoms with Crippen LogP contribution < -0.4 is 10.1 Å². The number of benzene rings is 1. The number of hydrogen-bond donors (Lipinski definition) is 1. The molecule has 0 unspecified atom stereocenters. The van der Waals surface area contributed by atoms with E-state index in [0.29, 0.717) is 30.6 Å². The van der Waals surface area contributed by atoms with Crippen LogP contribution in [0.25, 0.3) is 16.8 Å². The largest absolute Gasteiger partial charge is 0.434 e. The van der Waals surface area contributed by atoms with E-state index in [1.165, 1.54) is 0 Å². The number of ether oxygens (including phenoxy) is 2. The number of hydrogen-bond acceptors (Lipinski definition) is 6. The van der Waals surface area contributed by atoms with Gasteiger partial charge in [-0.1, -0.05) is 0 Å². The van der Waals surface area contributed by atoms with Crippen molar-refractivity contribution < 1.29 is 40.2 Å². The first-order valence-electron chi connectivity index (χ1n) is 11.0. The van der Waals surface area contributed by atoms with Crippen molar-refractivity contribution >= 4 is 11.5 Å². The van der Waals surface area contributed by atoms with Gasteiger partial charge in [0.2, 0.25) is 5.95 Å². The van der Waals surface area contributed by atoms with Gasteiger partial charge in [-0.3, -0.25) is 9.30 Å². The van der Waals surface area contributed by atoms with Gasteiger partial charge in [0, 0.05) is 30.9 Å². The van der Waals surface area contributed by atoms with E-state index >= 15 is 0 Å². The zero-order valence-corrected chi connectivity index (χ0v) is 18.7. The standard InChI is InChI=1S/C22H22F7N5O2/c23-19(24)35-10-9-33-7-1-3-14(12-33)30-21-32-31-18(16-4-2-8-34(16)21)15-6-5-13(22(27,28)29)11-17(15)36-20(25)26/h2,4-6,8,11,14,19-20H,1,3,7,9-10,12H2,(H,30,32)/t14-/m1/s1. The Hall–Kier alpha value is -3.13. The Labute approximate surface area is 200 Å². The number of anilines is 1. The molecule has 0 aliphatic carbocycles. The summed E-state index contributed by atoms with van der Waals surface area (Å²) in [5, 5.41) is 11.5. The molecule has 196 valence electrons. The maximum atomic E-state index is 13.1. The lowest BCUT2D eigenvalue weighted by atomic mass is 10.1. The number of nitrogens with zero attached hydrogens (tertiary/aromatic N) is 4. The molecule has 36 heavy (non-hydrogen) atoms. The fourth-order valence-corrected chi connectivity index (χ4v) is 4.16. The first-order chi connectivity index (χ1) is 17.1. The van der Waals surface area contributed by atoms with Crippen LogP contribution in [0.15, 0.2) is 36.5 Å². The van der Waals surface area contributed by atoms with Gasteiger partial charge in [-0.05, 0) is 49.7 Å². The van der Waals surface area contributed by atoms with Gasteiger partial charge in [-0.25, -0.2) is 0 Å². The average molecular weight is 521 g/mol. The van der Waals surface area contributed by atoms with Crippen LogP contribution in [0, 0.1) is 0 Å². The summed E-state index contributed by atoms with van der Waals surface area (Å²) in [6.45, 7) is -4.65. The summed E-state index contributed by atoms with van der Waals surface area (Å²) in [5.41, 5.74) is -0.747. The molecule has 7 nitrogen and oxygen atoms in total. The molecule has 0 radical (unpaired) electrons. The van der Waals surface area contributed by atoms with E-state index in [2.05, 4.69) is 25.0 Å². The van der Waals surface area contributed by atoms with Crippen molar-refractivity contribution in [1.29, 1.82) is 0 Å². The van der Waals surface area contributed by atoms with Crippen LogP contribution in [0.1, 0.15) is 18.4 Å². The third-order valence-electron chi connectivity index (χ3n) is 5.73. The van der Waals surface area contributed by atoms with Crippen molar-refractivity contribution in [2.75, 3.05) is 31.6 Å². The van der Waals surface area contributed by atoms with Crippen LogP contribution in [0.4, 0.5) is 36.7 Å². The number of rotatable bonds is 9. The van der Waals surface area contributed by atoms with E-state index in [9.17, 15) is 30.7 Å². The Morgan fingerprint density at radius 3 is 2.61 bits per heavy atom. The average Bonchev–Trinajstić information content (AvgIpc) is 3.29. The first kappa shape index (κ1) is 25.9. The number of likely N-dealkylation sites (tertiary alicyclic amines) is 1. The highest BCUT2D eigenvalue weighted by Crippen LogP contribution is 2.38. The van der Waals surface area contributed by atoms with Crippen LogP contribution in [0.2, 0.25) is 0 Å². The zero-order valence-electron chi connectivity index (χ0n) is 18.7. The predicted octanol–water partition coefficient (Wildman–Crippen LogP) is 5.13. The van der Waals surface area contributed by atoms with E-state index in [4.69, 9.17) is 0 Å². The SMILES string of the molecule is FC(F)OCCN1CCC[C@@H](Nc2nnc(-c3ccc(C(F)(F)F)cc3OC(F)F)c3cccn23)C1. The molecule has 1 atom stereocenters. The molecule has 2 aromatic heterocycles. The molecule has 0 spiro atoms. The van der Waals surface area contributed by atoms with Crippen molar-refractivity contribution in [2.45, 2.75) is 38.3 Å². The summed E-state index contributed by atoms with van der Waals surface area (Å²) < 4.78 is 100. The van der Waals surface area contributed by atoms with Crippen molar-refractivity contribution in [2.24, 2.45) is 0 Å². The van der Waals surface area contributed by atoms with Gasteiger partial charge in [-0.15, -0.1) is 10.2 Å². The molecule has 1 aromatic carbocycles. The smallest absolute Gasteiger partial charge is 0.416 e. The summed E-state index contributed by atoms with van der Waals surface area (Å²) >= 11 is 0. The molecule has 0 saturated carbocycles. The summed E-state index contributed by atoms with van der Waals surface area (Å²) in [6.07, 6.45) is -1.51. The second kappa shape index (κ2) is 10.9. The van der Waals surface area contributed by atoms with Crippen LogP contribution in [0.5, 0.6) is 5.75 Å². The first-order valence-corrected chi connectivity index (χ1v) is 11.0. The summed E-state index contributed by atoms with van der Waals surface area (Å²) in [5.74, 6) is -0.343. The third kappa shape index (κ3) is 6.16. The molecule has 1 aliphatic heterocycles. The summed E-state index contributed by atoms with van der Waals surface area (Å²) in [7, 11) is 0. The molecule has 0 amide bonds. The minimum absolute atomic E-state index is 0.0596. The third-order valence-corrected chi connectivity index (χ3v) is 5.73. The van der Waals surface area contributed by atoms with Gasteiger partial charge in [0.15, 0.2) is 0 Å². The van der Waals surface area contributed by atoms with Gasteiger partial charge < -0.3 is 14.8 Å². The minimum Gasteiger partial charge on any atom is -0.434 e. The van der Waals surface area contributed by atoms with Gasteiger partial charge in [0.25, 0.3) is 0 Å². The number of alkyl halides is 7. The normalized spacial score (nSPS) is 17.3. The maximum Gasteiger partial charge on any atom is 0.416 e.